The number of furan rings is 1. The topological polar surface area (TPSA) is 13.1 Å². The molecule has 0 atom stereocenters. The molecule has 0 bridgehead atoms. The van der Waals surface area contributed by atoms with Crippen LogP contribution in [0.4, 0.5) is 0 Å². The molecular formula is C21H22O. The minimum atomic E-state index is 0.564. The molecular weight excluding hydrogens is 268 g/mol. The third kappa shape index (κ3) is 2.85. The maximum Gasteiger partial charge on any atom is 0.134 e. The van der Waals surface area contributed by atoms with Crippen LogP contribution in [0.5, 0.6) is 0 Å². The van der Waals surface area contributed by atoms with E-state index in [2.05, 4.69) is 63.2 Å². The van der Waals surface area contributed by atoms with Crippen molar-refractivity contribution in [3.8, 4) is 22.5 Å². The zero-order chi connectivity index (χ0) is 15.7. The quantitative estimate of drug-likeness (QED) is 0.547. The Labute approximate surface area is 132 Å². The van der Waals surface area contributed by atoms with E-state index in [4.69, 9.17) is 4.42 Å². The lowest BCUT2D eigenvalue weighted by atomic mass is 9.96. The van der Waals surface area contributed by atoms with E-state index >= 15 is 0 Å². The zero-order valence-corrected chi connectivity index (χ0v) is 13.7. The second kappa shape index (κ2) is 5.84. The van der Waals surface area contributed by atoms with E-state index in [0.29, 0.717) is 5.92 Å². The Balaban J connectivity index is 2.01. The molecule has 1 nitrogen and oxygen atoms in total. The summed E-state index contributed by atoms with van der Waals surface area (Å²) in [7, 11) is 0. The molecule has 1 heterocycles. The molecule has 0 aliphatic rings. The van der Waals surface area contributed by atoms with Crippen LogP contribution in [-0.4, -0.2) is 0 Å². The summed E-state index contributed by atoms with van der Waals surface area (Å²) < 4.78 is 5.79. The van der Waals surface area contributed by atoms with Gasteiger partial charge in [0, 0.05) is 5.56 Å². The molecule has 22 heavy (non-hydrogen) atoms. The Bertz CT molecular complexity index is 776. The van der Waals surface area contributed by atoms with Crippen molar-refractivity contribution in [1.82, 2.24) is 0 Å². The van der Waals surface area contributed by atoms with Gasteiger partial charge in [-0.05, 0) is 60.2 Å². The standard InChI is InChI=1S/C21H22O/c1-14(2)17-8-10-18(11-9-17)19-7-5-15(3)20(13-19)21-12-6-16(4)22-21/h5-14H,1-4H3. The molecule has 0 aliphatic heterocycles. The predicted octanol–water partition coefficient (Wildman–Crippen LogP) is 6.35. The van der Waals surface area contributed by atoms with Crippen LogP contribution in [0.15, 0.2) is 59.0 Å². The van der Waals surface area contributed by atoms with Crippen molar-refractivity contribution >= 4 is 0 Å². The first kappa shape index (κ1) is 14.6. The second-order valence-electron chi connectivity index (χ2n) is 6.22. The van der Waals surface area contributed by atoms with Gasteiger partial charge in [0.15, 0.2) is 0 Å². The fraction of sp³-hybridized carbons (Fsp3) is 0.238. The highest BCUT2D eigenvalue weighted by Crippen LogP contribution is 2.31. The van der Waals surface area contributed by atoms with Crippen molar-refractivity contribution < 1.29 is 4.42 Å². The average molecular weight is 290 g/mol. The lowest BCUT2D eigenvalue weighted by Crippen LogP contribution is -1.88. The van der Waals surface area contributed by atoms with Crippen LogP contribution in [0, 0.1) is 13.8 Å². The lowest BCUT2D eigenvalue weighted by molar-refractivity contribution is 0.548. The van der Waals surface area contributed by atoms with Gasteiger partial charge >= 0.3 is 0 Å². The third-order valence-corrected chi connectivity index (χ3v) is 4.15. The largest absolute Gasteiger partial charge is 0.461 e. The Morgan fingerprint density at radius 3 is 2.05 bits per heavy atom. The maximum atomic E-state index is 5.79. The molecule has 0 aliphatic carbocycles. The van der Waals surface area contributed by atoms with E-state index in [0.717, 1.165) is 11.5 Å². The van der Waals surface area contributed by atoms with Crippen LogP contribution < -0.4 is 0 Å². The highest BCUT2D eigenvalue weighted by atomic mass is 16.3. The van der Waals surface area contributed by atoms with Gasteiger partial charge in [0.05, 0.1) is 0 Å². The van der Waals surface area contributed by atoms with Gasteiger partial charge in [-0.25, -0.2) is 0 Å². The van der Waals surface area contributed by atoms with Gasteiger partial charge in [0.25, 0.3) is 0 Å². The van der Waals surface area contributed by atoms with Crippen molar-refractivity contribution in [2.24, 2.45) is 0 Å². The summed E-state index contributed by atoms with van der Waals surface area (Å²) in [4.78, 5) is 0. The normalized spacial score (nSPS) is 11.1. The molecule has 0 saturated heterocycles. The first-order chi connectivity index (χ1) is 10.5. The van der Waals surface area contributed by atoms with Gasteiger partial charge in [-0.2, -0.15) is 0 Å². The summed E-state index contributed by atoms with van der Waals surface area (Å²) in [6, 6.07) is 19.5. The Hall–Kier alpha value is -2.28. The monoisotopic (exact) mass is 290 g/mol. The average Bonchev–Trinajstić information content (AvgIpc) is 2.94. The van der Waals surface area contributed by atoms with Crippen molar-refractivity contribution in [3.63, 3.8) is 0 Å². The maximum absolute atomic E-state index is 5.79. The second-order valence-corrected chi connectivity index (χ2v) is 6.22. The van der Waals surface area contributed by atoms with Crippen LogP contribution in [-0.2, 0) is 0 Å². The molecule has 3 rings (SSSR count). The molecule has 2 aromatic carbocycles. The number of aryl methyl sites for hydroxylation is 2. The zero-order valence-electron chi connectivity index (χ0n) is 13.7. The van der Waals surface area contributed by atoms with Gasteiger partial charge in [0.1, 0.15) is 11.5 Å². The number of hydrogen-bond acceptors (Lipinski definition) is 1. The minimum Gasteiger partial charge on any atom is -0.461 e. The first-order valence-electron chi connectivity index (χ1n) is 7.82. The molecule has 112 valence electrons. The van der Waals surface area contributed by atoms with Crippen molar-refractivity contribution in [2.75, 3.05) is 0 Å². The summed E-state index contributed by atoms with van der Waals surface area (Å²) in [5.74, 6) is 2.45. The molecule has 0 fully saturated rings. The molecule has 0 unspecified atom stereocenters. The summed E-state index contributed by atoms with van der Waals surface area (Å²) in [5, 5.41) is 0. The van der Waals surface area contributed by atoms with E-state index < -0.39 is 0 Å². The van der Waals surface area contributed by atoms with E-state index in [1.165, 1.54) is 27.8 Å². The van der Waals surface area contributed by atoms with Gasteiger partial charge in [-0.15, -0.1) is 0 Å². The van der Waals surface area contributed by atoms with E-state index in [1.54, 1.807) is 0 Å². The van der Waals surface area contributed by atoms with Gasteiger partial charge in [-0.3, -0.25) is 0 Å². The predicted molar refractivity (Wildman–Crippen MR) is 93.1 cm³/mol. The molecule has 0 radical (unpaired) electrons. The van der Waals surface area contributed by atoms with Crippen molar-refractivity contribution in [1.29, 1.82) is 0 Å². The summed E-state index contributed by atoms with van der Waals surface area (Å²) in [5.41, 5.74) is 6.24. The SMILES string of the molecule is Cc1ccc(-c2cc(-c3ccc(C(C)C)cc3)ccc2C)o1. The Morgan fingerprint density at radius 1 is 0.773 bits per heavy atom. The summed E-state index contributed by atoms with van der Waals surface area (Å²) in [6.45, 7) is 8.54. The lowest BCUT2D eigenvalue weighted by Gasteiger charge is -2.10. The van der Waals surface area contributed by atoms with Crippen molar-refractivity contribution in [3.05, 3.63) is 71.5 Å². The van der Waals surface area contributed by atoms with Gasteiger partial charge < -0.3 is 4.42 Å². The highest BCUT2D eigenvalue weighted by molar-refractivity contribution is 5.73. The van der Waals surface area contributed by atoms with Crippen LogP contribution in [0.1, 0.15) is 36.7 Å². The molecule has 0 spiro atoms. The molecule has 1 aromatic heterocycles. The number of benzene rings is 2. The fourth-order valence-electron chi connectivity index (χ4n) is 2.71. The van der Waals surface area contributed by atoms with Crippen LogP contribution in [0.2, 0.25) is 0 Å². The van der Waals surface area contributed by atoms with E-state index in [1.807, 2.05) is 19.1 Å². The number of hydrogen-bond donors (Lipinski definition) is 0. The molecule has 0 amide bonds. The van der Waals surface area contributed by atoms with Gasteiger partial charge in [-0.1, -0.05) is 50.2 Å². The summed E-state index contributed by atoms with van der Waals surface area (Å²) >= 11 is 0. The van der Waals surface area contributed by atoms with Crippen molar-refractivity contribution in [2.45, 2.75) is 33.6 Å². The minimum absolute atomic E-state index is 0.564. The fourth-order valence-corrected chi connectivity index (χ4v) is 2.71. The Kier molecular flexibility index (Phi) is 3.89. The van der Waals surface area contributed by atoms with Crippen LogP contribution in [0.3, 0.4) is 0 Å². The molecule has 0 saturated carbocycles. The molecule has 3 aromatic rings. The van der Waals surface area contributed by atoms with Crippen LogP contribution >= 0.6 is 0 Å². The van der Waals surface area contributed by atoms with E-state index in [9.17, 15) is 0 Å². The Morgan fingerprint density at radius 2 is 1.45 bits per heavy atom. The highest BCUT2D eigenvalue weighted by Gasteiger charge is 2.08. The summed E-state index contributed by atoms with van der Waals surface area (Å²) in [6.07, 6.45) is 0. The molecule has 1 heteroatoms. The number of rotatable bonds is 3. The van der Waals surface area contributed by atoms with Gasteiger partial charge in [0.2, 0.25) is 0 Å². The molecule has 0 N–H and O–H groups in total. The first-order valence-corrected chi connectivity index (χ1v) is 7.82. The van der Waals surface area contributed by atoms with E-state index in [-0.39, 0.29) is 0 Å². The smallest absolute Gasteiger partial charge is 0.134 e. The third-order valence-electron chi connectivity index (χ3n) is 4.15. The van der Waals surface area contributed by atoms with Crippen LogP contribution in [0.25, 0.3) is 22.5 Å².